The molecule has 3 fully saturated rings. The van der Waals surface area contributed by atoms with E-state index < -0.39 is 0 Å². The topological polar surface area (TPSA) is 32.8 Å². The van der Waals surface area contributed by atoms with E-state index in [0.717, 1.165) is 69.2 Å². The van der Waals surface area contributed by atoms with Gasteiger partial charge in [0.15, 0.2) is 0 Å². The highest BCUT2D eigenvalue weighted by molar-refractivity contribution is 6.30. The lowest BCUT2D eigenvalue weighted by molar-refractivity contribution is -0.143. The second-order valence-electron chi connectivity index (χ2n) is 7.67. The number of piperazine rings is 1. The summed E-state index contributed by atoms with van der Waals surface area (Å²) in [5.41, 5.74) is 0.830. The maximum atomic E-state index is 13.3. The monoisotopic (exact) mass is 362 g/mol. The number of nitrogens with zero attached hydrogens (tertiary/aromatic N) is 2. The number of ether oxygens (including phenoxy) is 1. The van der Waals surface area contributed by atoms with Crippen LogP contribution in [0.4, 0.5) is 0 Å². The van der Waals surface area contributed by atoms with Crippen molar-refractivity contribution in [3.63, 3.8) is 0 Å². The van der Waals surface area contributed by atoms with Gasteiger partial charge in [-0.2, -0.15) is 0 Å². The van der Waals surface area contributed by atoms with Crippen molar-refractivity contribution in [1.29, 1.82) is 0 Å². The first-order valence-corrected chi connectivity index (χ1v) is 9.95. The molecule has 1 atom stereocenters. The van der Waals surface area contributed by atoms with Crippen molar-refractivity contribution in [1.82, 2.24) is 9.80 Å². The molecule has 4 rings (SSSR count). The van der Waals surface area contributed by atoms with Crippen LogP contribution in [0.2, 0.25) is 5.02 Å². The number of halogens is 1. The van der Waals surface area contributed by atoms with Crippen LogP contribution in [0.15, 0.2) is 24.3 Å². The molecular weight excluding hydrogens is 336 g/mol. The Bertz CT molecular complexity index is 601. The van der Waals surface area contributed by atoms with Crippen LogP contribution in [0, 0.1) is 0 Å². The molecule has 1 aromatic rings. The minimum absolute atomic E-state index is 0.304. The van der Waals surface area contributed by atoms with Crippen molar-refractivity contribution in [2.45, 2.75) is 43.6 Å². The molecule has 1 aromatic carbocycles. The Hall–Kier alpha value is -1.10. The molecule has 25 heavy (non-hydrogen) atoms. The molecule has 5 heteroatoms. The predicted molar refractivity (Wildman–Crippen MR) is 99.0 cm³/mol. The maximum Gasteiger partial charge on any atom is 0.233 e. The number of benzene rings is 1. The molecule has 3 aliphatic rings. The van der Waals surface area contributed by atoms with E-state index in [1.54, 1.807) is 0 Å². The Morgan fingerprint density at radius 3 is 2.40 bits per heavy atom. The van der Waals surface area contributed by atoms with Crippen molar-refractivity contribution in [2.75, 3.05) is 39.3 Å². The summed E-state index contributed by atoms with van der Waals surface area (Å²) in [7, 11) is 0. The zero-order valence-electron chi connectivity index (χ0n) is 14.8. The number of carbonyl (C=O) groups excluding carboxylic acids is 1. The van der Waals surface area contributed by atoms with E-state index >= 15 is 0 Å². The first-order chi connectivity index (χ1) is 12.2. The third-order valence-electron chi connectivity index (χ3n) is 6.16. The number of carbonyl (C=O) groups is 1. The molecule has 0 bridgehead atoms. The summed E-state index contributed by atoms with van der Waals surface area (Å²) in [5, 5.41) is 0.730. The van der Waals surface area contributed by atoms with E-state index in [2.05, 4.69) is 9.80 Å². The van der Waals surface area contributed by atoms with Gasteiger partial charge in [-0.05, 0) is 43.4 Å². The lowest BCUT2D eigenvalue weighted by Crippen LogP contribution is -2.57. The number of amides is 1. The quantitative estimate of drug-likeness (QED) is 0.825. The average molecular weight is 363 g/mol. The van der Waals surface area contributed by atoms with Crippen molar-refractivity contribution in [3.8, 4) is 0 Å². The molecule has 2 aliphatic heterocycles. The summed E-state index contributed by atoms with van der Waals surface area (Å²) < 4.78 is 5.75. The van der Waals surface area contributed by atoms with Gasteiger partial charge in [0, 0.05) is 44.4 Å². The van der Waals surface area contributed by atoms with E-state index in [1.807, 2.05) is 24.3 Å². The molecule has 1 saturated carbocycles. The van der Waals surface area contributed by atoms with Gasteiger partial charge in [0.25, 0.3) is 0 Å². The first kappa shape index (κ1) is 17.3. The molecule has 136 valence electrons. The lowest BCUT2D eigenvalue weighted by atomic mass is 9.63. The molecule has 4 nitrogen and oxygen atoms in total. The normalized spacial score (nSPS) is 26.4. The van der Waals surface area contributed by atoms with Gasteiger partial charge in [-0.25, -0.2) is 0 Å². The molecule has 1 unspecified atom stereocenters. The fraction of sp³-hybridized carbons (Fsp3) is 0.650. The van der Waals surface area contributed by atoms with Crippen LogP contribution in [0.1, 0.15) is 37.7 Å². The van der Waals surface area contributed by atoms with E-state index in [0.29, 0.717) is 12.0 Å². The third kappa shape index (κ3) is 3.44. The van der Waals surface area contributed by atoms with Gasteiger partial charge >= 0.3 is 0 Å². The Morgan fingerprint density at radius 1 is 1.12 bits per heavy atom. The van der Waals surface area contributed by atoms with Crippen molar-refractivity contribution in [2.24, 2.45) is 0 Å². The smallest absolute Gasteiger partial charge is 0.233 e. The van der Waals surface area contributed by atoms with Gasteiger partial charge in [0.2, 0.25) is 5.91 Å². The van der Waals surface area contributed by atoms with Crippen molar-refractivity contribution < 1.29 is 9.53 Å². The summed E-state index contributed by atoms with van der Waals surface area (Å²) in [5.74, 6) is 0.317. The maximum absolute atomic E-state index is 13.3. The Balaban J connectivity index is 1.38. The van der Waals surface area contributed by atoms with E-state index in [1.165, 1.54) is 12.8 Å². The minimum Gasteiger partial charge on any atom is -0.377 e. The molecule has 2 saturated heterocycles. The Labute approximate surface area is 155 Å². The van der Waals surface area contributed by atoms with Crippen LogP contribution in [-0.2, 0) is 14.9 Å². The molecule has 1 aliphatic carbocycles. The zero-order valence-corrected chi connectivity index (χ0v) is 15.5. The molecule has 0 aromatic heterocycles. The van der Waals surface area contributed by atoms with Gasteiger partial charge in [0.1, 0.15) is 0 Å². The summed E-state index contributed by atoms with van der Waals surface area (Å²) in [4.78, 5) is 17.8. The van der Waals surface area contributed by atoms with E-state index in [9.17, 15) is 4.79 Å². The Kier molecular flexibility index (Phi) is 5.03. The largest absolute Gasteiger partial charge is 0.377 e. The average Bonchev–Trinajstić information content (AvgIpc) is 3.09. The highest BCUT2D eigenvalue weighted by Gasteiger charge is 2.47. The molecule has 1 amide bonds. The lowest BCUT2D eigenvalue weighted by Gasteiger charge is -2.46. The standard InChI is InChI=1S/C20H27ClN2O2/c21-17-6-4-16(5-7-17)20(8-2-9-20)19(24)23-12-10-22(11-13-23)15-18-3-1-14-25-18/h4-7,18H,1-3,8-15H2. The summed E-state index contributed by atoms with van der Waals surface area (Å²) in [6.45, 7) is 5.52. The van der Waals surface area contributed by atoms with E-state index in [4.69, 9.17) is 16.3 Å². The molecular formula is C20H27ClN2O2. The van der Waals surface area contributed by atoms with Crippen LogP contribution < -0.4 is 0 Å². The highest BCUT2D eigenvalue weighted by Crippen LogP contribution is 2.45. The first-order valence-electron chi connectivity index (χ1n) is 9.57. The number of rotatable bonds is 4. The molecule has 0 spiro atoms. The minimum atomic E-state index is -0.304. The van der Waals surface area contributed by atoms with Crippen molar-refractivity contribution >= 4 is 17.5 Å². The highest BCUT2D eigenvalue weighted by atomic mass is 35.5. The van der Waals surface area contributed by atoms with Crippen LogP contribution in [0.3, 0.4) is 0 Å². The predicted octanol–water partition coefficient (Wildman–Crippen LogP) is 3.08. The van der Waals surface area contributed by atoms with Crippen molar-refractivity contribution in [3.05, 3.63) is 34.9 Å². The van der Waals surface area contributed by atoms with Gasteiger partial charge in [-0.1, -0.05) is 30.2 Å². The van der Waals surface area contributed by atoms with Crippen LogP contribution in [0.25, 0.3) is 0 Å². The summed E-state index contributed by atoms with van der Waals surface area (Å²) in [6, 6.07) is 7.88. The molecule has 2 heterocycles. The third-order valence-corrected chi connectivity index (χ3v) is 6.41. The Morgan fingerprint density at radius 2 is 1.84 bits per heavy atom. The zero-order chi connectivity index (χ0) is 17.3. The van der Waals surface area contributed by atoms with Gasteiger partial charge in [-0.15, -0.1) is 0 Å². The number of hydrogen-bond donors (Lipinski definition) is 0. The fourth-order valence-corrected chi connectivity index (χ4v) is 4.56. The fourth-order valence-electron chi connectivity index (χ4n) is 4.44. The second-order valence-corrected chi connectivity index (χ2v) is 8.11. The van der Waals surface area contributed by atoms with Crippen LogP contribution in [-0.4, -0.2) is 61.1 Å². The van der Waals surface area contributed by atoms with Gasteiger partial charge in [0.05, 0.1) is 11.5 Å². The van der Waals surface area contributed by atoms with Crippen LogP contribution >= 0.6 is 11.6 Å². The SMILES string of the molecule is O=C(N1CCN(CC2CCCO2)CC1)C1(c2ccc(Cl)cc2)CCC1. The second kappa shape index (κ2) is 7.26. The number of hydrogen-bond acceptors (Lipinski definition) is 3. The summed E-state index contributed by atoms with van der Waals surface area (Å²) >= 11 is 6.03. The molecule has 0 radical (unpaired) electrons. The van der Waals surface area contributed by atoms with Gasteiger partial charge in [-0.3, -0.25) is 9.69 Å². The van der Waals surface area contributed by atoms with E-state index in [-0.39, 0.29) is 5.41 Å². The van der Waals surface area contributed by atoms with Crippen LogP contribution in [0.5, 0.6) is 0 Å². The molecule has 0 N–H and O–H groups in total. The summed E-state index contributed by atoms with van der Waals surface area (Å²) in [6.07, 6.45) is 5.82. The van der Waals surface area contributed by atoms with Gasteiger partial charge < -0.3 is 9.64 Å².